The third kappa shape index (κ3) is 1.71. The van der Waals surface area contributed by atoms with E-state index < -0.39 is 0 Å². The largest absolute Gasteiger partial charge is 0.341 e. The van der Waals surface area contributed by atoms with Gasteiger partial charge in [0.25, 0.3) is 0 Å². The molecule has 0 aromatic heterocycles. The molecule has 2 nitrogen and oxygen atoms in total. The molecule has 13 heavy (non-hydrogen) atoms. The Bertz CT molecular complexity index is 215. The average Bonchev–Trinajstić information content (AvgIpc) is 1.77. The molecule has 0 aromatic rings. The van der Waals surface area contributed by atoms with Crippen LogP contribution >= 0.6 is 10.9 Å². The topological polar surface area (TPSA) is 20.3 Å². The molecule has 2 rings (SSSR count). The van der Waals surface area contributed by atoms with Crippen LogP contribution in [-0.4, -0.2) is 42.2 Å². The van der Waals surface area contributed by atoms with Crippen molar-refractivity contribution in [1.82, 2.24) is 4.90 Å². The lowest BCUT2D eigenvalue weighted by molar-refractivity contribution is -0.146. The SMILES string of the molecule is C[SH](C)CC(=O)N1CC2(CCC2)C1. The van der Waals surface area contributed by atoms with Gasteiger partial charge < -0.3 is 4.90 Å². The molecule has 0 atom stereocenters. The van der Waals surface area contributed by atoms with E-state index in [2.05, 4.69) is 17.4 Å². The number of likely N-dealkylation sites (tertiary alicyclic amines) is 1. The van der Waals surface area contributed by atoms with Crippen molar-refractivity contribution in [3.8, 4) is 0 Å². The van der Waals surface area contributed by atoms with E-state index >= 15 is 0 Å². The molecular weight excluding hydrogens is 182 g/mol. The molecule has 0 N–H and O–H groups in total. The minimum absolute atomic E-state index is 0.0525. The van der Waals surface area contributed by atoms with Crippen LogP contribution in [0.15, 0.2) is 0 Å². The van der Waals surface area contributed by atoms with E-state index in [-0.39, 0.29) is 10.9 Å². The molecule has 2 fully saturated rings. The number of hydrogen-bond acceptors (Lipinski definition) is 1. The number of thiol groups is 1. The molecule has 3 heteroatoms. The Morgan fingerprint density at radius 2 is 2.00 bits per heavy atom. The number of carbonyl (C=O) groups is 1. The highest BCUT2D eigenvalue weighted by Gasteiger charge is 2.48. The van der Waals surface area contributed by atoms with E-state index in [4.69, 9.17) is 0 Å². The van der Waals surface area contributed by atoms with E-state index in [9.17, 15) is 4.79 Å². The van der Waals surface area contributed by atoms with Crippen molar-refractivity contribution in [2.24, 2.45) is 5.41 Å². The maximum atomic E-state index is 11.6. The first-order valence-corrected chi connectivity index (χ1v) is 7.46. The van der Waals surface area contributed by atoms with E-state index in [0.29, 0.717) is 11.3 Å². The average molecular weight is 201 g/mol. The summed E-state index contributed by atoms with van der Waals surface area (Å²) in [6.07, 6.45) is 8.46. The molecule has 2 aliphatic rings. The summed E-state index contributed by atoms with van der Waals surface area (Å²) in [4.78, 5) is 13.7. The highest BCUT2D eigenvalue weighted by molar-refractivity contribution is 8.16. The Balaban J connectivity index is 1.76. The molecule has 0 unspecified atom stereocenters. The van der Waals surface area contributed by atoms with Crippen molar-refractivity contribution in [2.45, 2.75) is 19.3 Å². The lowest BCUT2D eigenvalue weighted by Gasteiger charge is -2.56. The van der Waals surface area contributed by atoms with Crippen molar-refractivity contribution in [3.63, 3.8) is 0 Å². The van der Waals surface area contributed by atoms with Crippen LogP contribution in [0.25, 0.3) is 0 Å². The van der Waals surface area contributed by atoms with Crippen molar-refractivity contribution in [3.05, 3.63) is 0 Å². The van der Waals surface area contributed by atoms with Crippen LogP contribution in [-0.2, 0) is 4.79 Å². The fourth-order valence-electron chi connectivity index (χ4n) is 2.30. The fourth-order valence-corrected chi connectivity index (χ4v) is 3.04. The molecule has 1 aliphatic carbocycles. The summed E-state index contributed by atoms with van der Waals surface area (Å²) in [7, 11) is -0.0525. The molecule has 0 radical (unpaired) electrons. The second-order valence-electron chi connectivity index (χ2n) is 4.84. The van der Waals surface area contributed by atoms with Crippen LogP contribution in [0, 0.1) is 5.41 Å². The predicted octanol–water partition coefficient (Wildman–Crippen LogP) is 1.26. The van der Waals surface area contributed by atoms with E-state index in [1.165, 1.54) is 19.3 Å². The molecule has 76 valence electrons. The van der Waals surface area contributed by atoms with E-state index in [1.807, 2.05) is 0 Å². The highest BCUT2D eigenvalue weighted by Crippen LogP contribution is 2.48. The molecule has 0 aromatic carbocycles. The maximum Gasteiger partial charge on any atom is 0.230 e. The summed E-state index contributed by atoms with van der Waals surface area (Å²) in [5.74, 6) is 1.19. The van der Waals surface area contributed by atoms with Crippen LogP contribution in [0.3, 0.4) is 0 Å². The Labute approximate surface area is 83.0 Å². The smallest absolute Gasteiger partial charge is 0.230 e. The van der Waals surface area contributed by atoms with Gasteiger partial charge in [-0.1, -0.05) is 6.42 Å². The second kappa shape index (κ2) is 3.19. The minimum atomic E-state index is -0.0525. The first-order valence-electron chi connectivity index (χ1n) is 5.04. The maximum absolute atomic E-state index is 11.6. The van der Waals surface area contributed by atoms with Gasteiger partial charge in [0.15, 0.2) is 0 Å². The first kappa shape index (κ1) is 9.38. The van der Waals surface area contributed by atoms with Crippen molar-refractivity contribution >= 4 is 16.8 Å². The van der Waals surface area contributed by atoms with Gasteiger partial charge in [-0.2, -0.15) is 0 Å². The third-order valence-corrected chi connectivity index (χ3v) is 4.17. The summed E-state index contributed by atoms with van der Waals surface area (Å²) in [5.41, 5.74) is 0.597. The molecule has 1 spiro atoms. The Morgan fingerprint density at radius 3 is 2.38 bits per heavy atom. The van der Waals surface area contributed by atoms with Crippen LogP contribution < -0.4 is 0 Å². The summed E-state index contributed by atoms with van der Waals surface area (Å²) >= 11 is 0. The van der Waals surface area contributed by atoms with Gasteiger partial charge in [-0.05, 0) is 25.4 Å². The highest BCUT2D eigenvalue weighted by atomic mass is 32.2. The normalized spacial score (nSPS) is 25.1. The van der Waals surface area contributed by atoms with Gasteiger partial charge in [-0.3, -0.25) is 15.7 Å². The number of amides is 1. The molecular formula is C10H19NOS. The Morgan fingerprint density at radius 1 is 1.38 bits per heavy atom. The summed E-state index contributed by atoms with van der Waals surface area (Å²) in [5, 5.41) is 0. The number of carbonyl (C=O) groups excluding carboxylic acids is 1. The first-order chi connectivity index (χ1) is 6.11. The third-order valence-electron chi connectivity index (χ3n) is 3.27. The van der Waals surface area contributed by atoms with Gasteiger partial charge >= 0.3 is 0 Å². The Kier molecular flexibility index (Phi) is 2.30. The monoisotopic (exact) mass is 201 g/mol. The lowest BCUT2D eigenvalue weighted by atomic mass is 9.63. The Hall–Kier alpha value is -0.180. The molecule has 1 saturated heterocycles. The zero-order valence-corrected chi connectivity index (χ0v) is 9.44. The lowest BCUT2D eigenvalue weighted by Crippen LogP contribution is -2.61. The molecule has 1 aliphatic heterocycles. The van der Waals surface area contributed by atoms with Gasteiger partial charge in [0.1, 0.15) is 0 Å². The molecule has 1 amide bonds. The zero-order chi connectivity index (χ0) is 9.47. The van der Waals surface area contributed by atoms with Crippen LogP contribution in [0.1, 0.15) is 19.3 Å². The predicted molar refractivity (Wildman–Crippen MR) is 58.6 cm³/mol. The number of hydrogen-bond donors (Lipinski definition) is 1. The van der Waals surface area contributed by atoms with Crippen molar-refractivity contribution in [1.29, 1.82) is 0 Å². The second-order valence-corrected chi connectivity index (χ2v) is 7.32. The van der Waals surface area contributed by atoms with E-state index in [1.54, 1.807) is 0 Å². The molecule has 1 heterocycles. The molecule has 0 bridgehead atoms. The zero-order valence-electron chi connectivity index (χ0n) is 8.55. The van der Waals surface area contributed by atoms with Gasteiger partial charge in [0.05, 0.1) is 5.75 Å². The number of nitrogens with zero attached hydrogens (tertiary/aromatic N) is 1. The van der Waals surface area contributed by atoms with E-state index in [0.717, 1.165) is 18.8 Å². The van der Waals surface area contributed by atoms with Gasteiger partial charge in [0.2, 0.25) is 5.91 Å². The van der Waals surface area contributed by atoms with Crippen LogP contribution in [0.4, 0.5) is 0 Å². The fraction of sp³-hybridized carbons (Fsp3) is 0.900. The van der Waals surface area contributed by atoms with Crippen molar-refractivity contribution < 1.29 is 4.79 Å². The summed E-state index contributed by atoms with van der Waals surface area (Å²) < 4.78 is 0. The summed E-state index contributed by atoms with van der Waals surface area (Å²) in [6.45, 7) is 2.13. The van der Waals surface area contributed by atoms with Crippen LogP contribution in [0.2, 0.25) is 0 Å². The minimum Gasteiger partial charge on any atom is -0.341 e. The van der Waals surface area contributed by atoms with Crippen molar-refractivity contribution in [2.75, 3.05) is 31.4 Å². The standard InChI is InChI=1S/C10H19NOS/c1-13(2)6-9(12)11-7-10(8-11)4-3-5-10/h13H,3-8H2,1-2H3. The quantitative estimate of drug-likeness (QED) is 0.667. The van der Waals surface area contributed by atoms with Gasteiger partial charge in [-0.15, -0.1) is 0 Å². The van der Waals surface area contributed by atoms with Gasteiger partial charge in [0, 0.05) is 18.5 Å². The van der Waals surface area contributed by atoms with Crippen LogP contribution in [0.5, 0.6) is 0 Å². The number of rotatable bonds is 2. The summed E-state index contributed by atoms with van der Waals surface area (Å²) in [6, 6.07) is 0. The van der Waals surface area contributed by atoms with Gasteiger partial charge in [-0.25, -0.2) is 0 Å². The molecule has 1 saturated carbocycles.